The summed E-state index contributed by atoms with van der Waals surface area (Å²) in [5, 5.41) is 3.87. The summed E-state index contributed by atoms with van der Waals surface area (Å²) >= 11 is 0. The molecule has 0 fully saturated rings. The minimum absolute atomic E-state index is 0.295. The van der Waals surface area contributed by atoms with Crippen LogP contribution in [-0.2, 0) is 26.3 Å². The highest BCUT2D eigenvalue weighted by Gasteiger charge is 2.43. The highest BCUT2D eigenvalue weighted by molar-refractivity contribution is 5.81. The first kappa shape index (κ1) is 16.6. The van der Waals surface area contributed by atoms with Crippen LogP contribution >= 0.6 is 0 Å². The lowest BCUT2D eigenvalue weighted by molar-refractivity contribution is -0.151. The van der Waals surface area contributed by atoms with Crippen molar-refractivity contribution in [3.8, 4) is 0 Å². The average Bonchev–Trinajstić information content (AvgIpc) is 2.91. The van der Waals surface area contributed by atoms with Crippen molar-refractivity contribution in [2.75, 3.05) is 13.2 Å². The van der Waals surface area contributed by atoms with Crippen LogP contribution in [0.2, 0.25) is 0 Å². The summed E-state index contributed by atoms with van der Waals surface area (Å²) in [4.78, 5) is 16.5. The molecule has 0 radical (unpaired) electrons. The molecule has 0 aliphatic carbocycles. The summed E-state index contributed by atoms with van der Waals surface area (Å²) in [5.41, 5.74) is -0.855. The van der Waals surface area contributed by atoms with Gasteiger partial charge in [0.05, 0.1) is 6.61 Å². The van der Waals surface area contributed by atoms with Gasteiger partial charge in [0.15, 0.2) is 5.82 Å². The lowest BCUT2D eigenvalue weighted by Crippen LogP contribution is -2.36. The van der Waals surface area contributed by atoms with E-state index >= 15 is 0 Å². The first-order valence-electron chi connectivity index (χ1n) is 7.22. The van der Waals surface area contributed by atoms with Crippen molar-refractivity contribution in [2.45, 2.75) is 59.0 Å². The molecule has 6 heteroatoms. The number of ether oxygens (including phenoxy) is 2. The zero-order valence-electron chi connectivity index (χ0n) is 12.8. The molecule has 1 aromatic heterocycles. The molecule has 1 rings (SSSR count). The fourth-order valence-electron chi connectivity index (χ4n) is 2.01. The van der Waals surface area contributed by atoms with Crippen molar-refractivity contribution in [1.82, 2.24) is 10.1 Å². The second kappa shape index (κ2) is 7.99. The van der Waals surface area contributed by atoms with Gasteiger partial charge < -0.3 is 14.0 Å². The zero-order chi connectivity index (χ0) is 15.0. The quantitative estimate of drug-likeness (QED) is 0.512. The zero-order valence-corrected chi connectivity index (χ0v) is 12.8. The van der Waals surface area contributed by atoms with E-state index in [1.165, 1.54) is 0 Å². The predicted molar refractivity (Wildman–Crippen MR) is 73.1 cm³/mol. The fourth-order valence-corrected chi connectivity index (χ4v) is 2.01. The second-order valence-electron chi connectivity index (χ2n) is 4.58. The summed E-state index contributed by atoms with van der Waals surface area (Å²) in [6.07, 6.45) is 2.04. The topological polar surface area (TPSA) is 74.5 Å². The van der Waals surface area contributed by atoms with Crippen LogP contribution in [0.1, 0.15) is 58.7 Å². The molecule has 0 bridgehead atoms. The van der Waals surface area contributed by atoms with E-state index in [9.17, 15) is 4.79 Å². The molecule has 6 nitrogen and oxygen atoms in total. The van der Waals surface area contributed by atoms with Crippen molar-refractivity contribution in [3.63, 3.8) is 0 Å². The lowest BCUT2D eigenvalue weighted by atomic mass is 9.82. The molecule has 0 aromatic carbocycles. The molecule has 1 heterocycles. The van der Waals surface area contributed by atoms with Crippen LogP contribution in [0.25, 0.3) is 0 Å². The van der Waals surface area contributed by atoms with E-state index < -0.39 is 5.41 Å². The molecule has 0 unspecified atom stereocenters. The van der Waals surface area contributed by atoms with Gasteiger partial charge in [-0.2, -0.15) is 4.98 Å². The third-order valence-electron chi connectivity index (χ3n) is 3.33. The van der Waals surface area contributed by atoms with Gasteiger partial charge in [-0.3, -0.25) is 4.79 Å². The van der Waals surface area contributed by atoms with Crippen LogP contribution in [0.15, 0.2) is 4.52 Å². The predicted octanol–water partition coefficient (Wildman–Crippen LogP) is 2.62. The maximum atomic E-state index is 12.2. The summed E-state index contributed by atoms with van der Waals surface area (Å²) in [6, 6.07) is 0. The minimum Gasteiger partial charge on any atom is -0.465 e. The number of carbonyl (C=O) groups is 1. The molecule has 0 atom stereocenters. The Morgan fingerprint density at radius 2 is 1.95 bits per heavy atom. The van der Waals surface area contributed by atoms with Gasteiger partial charge in [0.1, 0.15) is 12.0 Å². The molecule has 0 aliphatic heterocycles. The van der Waals surface area contributed by atoms with Gasteiger partial charge in [0.2, 0.25) is 5.89 Å². The van der Waals surface area contributed by atoms with Gasteiger partial charge in [-0.25, -0.2) is 0 Å². The Kier molecular flexibility index (Phi) is 6.64. The van der Waals surface area contributed by atoms with Crippen LogP contribution in [0.3, 0.4) is 0 Å². The van der Waals surface area contributed by atoms with Crippen molar-refractivity contribution in [3.05, 3.63) is 11.7 Å². The first-order chi connectivity index (χ1) is 9.64. The third kappa shape index (κ3) is 3.56. The summed E-state index contributed by atoms with van der Waals surface area (Å²) in [5.74, 6) is 0.467. The van der Waals surface area contributed by atoms with E-state index in [0.717, 1.165) is 6.42 Å². The van der Waals surface area contributed by atoms with Gasteiger partial charge in [-0.05, 0) is 26.2 Å². The largest absolute Gasteiger partial charge is 0.465 e. The fraction of sp³-hybridized carbons (Fsp3) is 0.786. The Hall–Kier alpha value is -1.43. The van der Waals surface area contributed by atoms with Crippen molar-refractivity contribution < 1.29 is 18.8 Å². The maximum absolute atomic E-state index is 12.2. The van der Waals surface area contributed by atoms with E-state index in [0.29, 0.717) is 44.4 Å². The standard InChI is InChI=1S/C14H24N2O4/c1-5-9-18-10-11-15-12(20-16-11)14(6-2,7-3)13(17)19-8-4/h5-10H2,1-4H3. The van der Waals surface area contributed by atoms with E-state index in [4.69, 9.17) is 14.0 Å². The average molecular weight is 284 g/mol. The smallest absolute Gasteiger partial charge is 0.321 e. The monoisotopic (exact) mass is 284 g/mol. The van der Waals surface area contributed by atoms with Gasteiger partial charge in [0, 0.05) is 6.61 Å². The SMILES string of the molecule is CCCOCc1noc(C(CC)(CC)C(=O)OCC)n1. The molecule has 0 spiro atoms. The molecule has 114 valence electrons. The van der Waals surface area contributed by atoms with Crippen LogP contribution in [0.4, 0.5) is 0 Å². The molecule has 0 saturated carbocycles. The molecule has 0 aliphatic rings. The van der Waals surface area contributed by atoms with Crippen molar-refractivity contribution >= 4 is 5.97 Å². The Morgan fingerprint density at radius 1 is 1.25 bits per heavy atom. The Balaban J connectivity index is 2.89. The molecule has 0 saturated heterocycles. The lowest BCUT2D eigenvalue weighted by Gasteiger charge is -2.24. The number of esters is 1. The highest BCUT2D eigenvalue weighted by Crippen LogP contribution is 2.32. The second-order valence-corrected chi connectivity index (χ2v) is 4.58. The molecular weight excluding hydrogens is 260 g/mol. The van der Waals surface area contributed by atoms with E-state index in [-0.39, 0.29) is 5.97 Å². The summed E-state index contributed by atoms with van der Waals surface area (Å²) < 4.78 is 15.8. The van der Waals surface area contributed by atoms with Gasteiger partial charge in [0.25, 0.3) is 0 Å². The number of carbonyl (C=O) groups excluding carboxylic acids is 1. The minimum atomic E-state index is -0.855. The molecule has 1 aromatic rings. The van der Waals surface area contributed by atoms with Gasteiger partial charge >= 0.3 is 5.97 Å². The highest BCUT2D eigenvalue weighted by atomic mass is 16.5. The van der Waals surface area contributed by atoms with Crippen molar-refractivity contribution in [2.24, 2.45) is 0 Å². The molecule has 0 amide bonds. The number of nitrogens with zero attached hydrogens (tertiary/aromatic N) is 2. The van der Waals surface area contributed by atoms with E-state index in [1.54, 1.807) is 6.92 Å². The van der Waals surface area contributed by atoms with Crippen molar-refractivity contribution in [1.29, 1.82) is 0 Å². The van der Waals surface area contributed by atoms with Gasteiger partial charge in [-0.15, -0.1) is 0 Å². The number of aromatic nitrogens is 2. The summed E-state index contributed by atoms with van der Waals surface area (Å²) in [7, 11) is 0. The van der Waals surface area contributed by atoms with Crippen LogP contribution < -0.4 is 0 Å². The third-order valence-corrected chi connectivity index (χ3v) is 3.33. The van der Waals surface area contributed by atoms with Crippen LogP contribution in [-0.4, -0.2) is 29.3 Å². The molecular formula is C14H24N2O4. The normalized spacial score (nSPS) is 11.6. The molecule has 0 N–H and O–H groups in total. The number of rotatable bonds is 9. The summed E-state index contributed by atoms with van der Waals surface area (Å²) in [6.45, 7) is 8.92. The first-order valence-corrected chi connectivity index (χ1v) is 7.22. The Labute approximate surface area is 119 Å². The number of hydrogen-bond acceptors (Lipinski definition) is 6. The Bertz CT molecular complexity index is 413. The van der Waals surface area contributed by atoms with Gasteiger partial charge in [-0.1, -0.05) is 25.9 Å². The number of hydrogen-bond donors (Lipinski definition) is 0. The Morgan fingerprint density at radius 3 is 2.50 bits per heavy atom. The van der Waals surface area contributed by atoms with E-state index in [2.05, 4.69) is 10.1 Å². The maximum Gasteiger partial charge on any atom is 0.321 e. The molecule has 20 heavy (non-hydrogen) atoms. The van der Waals surface area contributed by atoms with Crippen LogP contribution in [0.5, 0.6) is 0 Å². The van der Waals surface area contributed by atoms with E-state index in [1.807, 2.05) is 20.8 Å². The van der Waals surface area contributed by atoms with Crippen LogP contribution in [0, 0.1) is 0 Å².